The smallest absolute Gasteiger partial charge is 0.333 e. The highest BCUT2D eigenvalue weighted by Crippen LogP contribution is 2.46. The molecule has 0 saturated heterocycles. The molecule has 122 valence electrons. The second kappa shape index (κ2) is 8.24. The van der Waals surface area contributed by atoms with Crippen molar-refractivity contribution in [1.29, 1.82) is 10.5 Å². The van der Waals surface area contributed by atoms with Crippen molar-refractivity contribution in [2.75, 3.05) is 18.1 Å². The summed E-state index contributed by atoms with van der Waals surface area (Å²) in [5, 5.41) is 19.0. The van der Waals surface area contributed by atoms with Crippen LogP contribution in [-0.2, 0) is 9.53 Å². The van der Waals surface area contributed by atoms with Crippen LogP contribution in [0.5, 0.6) is 0 Å². The fourth-order valence-corrected chi connectivity index (χ4v) is 3.35. The van der Waals surface area contributed by atoms with E-state index in [1.807, 2.05) is 41.3 Å². The van der Waals surface area contributed by atoms with Gasteiger partial charge in [-0.05, 0) is 31.9 Å². The van der Waals surface area contributed by atoms with E-state index in [1.54, 1.807) is 6.92 Å². The maximum absolute atomic E-state index is 11.3. The summed E-state index contributed by atoms with van der Waals surface area (Å²) >= 11 is 1.44. The molecule has 0 fully saturated rings. The van der Waals surface area contributed by atoms with Gasteiger partial charge in [-0.1, -0.05) is 30.5 Å². The predicted octanol–water partition coefficient (Wildman–Crippen LogP) is 3.76. The molecule has 0 radical (unpaired) electrons. The van der Waals surface area contributed by atoms with E-state index in [2.05, 4.69) is 6.58 Å². The maximum atomic E-state index is 11.3. The zero-order chi connectivity index (χ0) is 17.5. The highest BCUT2D eigenvalue weighted by molar-refractivity contribution is 8.03. The molecule has 1 aromatic carbocycles. The molecule has 1 aliphatic rings. The molecule has 1 aliphatic heterocycles. The lowest BCUT2D eigenvalue weighted by molar-refractivity contribution is -0.139. The van der Waals surface area contributed by atoms with Gasteiger partial charge in [0.1, 0.15) is 17.2 Å². The van der Waals surface area contributed by atoms with Crippen molar-refractivity contribution in [3.63, 3.8) is 0 Å². The molecule has 0 atom stereocenters. The zero-order valence-corrected chi connectivity index (χ0v) is 14.2. The van der Waals surface area contributed by atoms with Crippen molar-refractivity contribution in [1.82, 2.24) is 0 Å². The first kappa shape index (κ1) is 17.7. The molecule has 0 amide bonds. The van der Waals surface area contributed by atoms with E-state index < -0.39 is 0 Å². The topological polar surface area (TPSA) is 77.1 Å². The van der Waals surface area contributed by atoms with Gasteiger partial charge >= 0.3 is 5.97 Å². The summed E-state index contributed by atoms with van der Waals surface area (Å²) in [6.07, 6.45) is 1.47. The summed E-state index contributed by atoms with van der Waals surface area (Å²) < 4.78 is 5.08. The molecular formula is C18H17N3O2S. The molecule has 0 aromatic heterocycles. The van der Waals surface area contributed by atoms with E-state index in [9.17, 15) is 4.79 Å². The number of anilines is 1. The van der Waals surface area contributed by atoms with Crippen LogP contribution in [0.1, 0.15) is 19.8 Å². The average molecular weight is 339 g/mol. The number of rotatable bonds is 6. The Hall–Kier alpha value is -2.70. The van der Waals surface area contributed by atoms with E-state index in [0.29, 0.717) is 30.2 Å². The Bertz CT molecular complexity index is 755. The first-order chi connectivity index (χ1) is 11.6. The van der Waals surface area contributed by atoms with E-state index in [0.717, 1.165) is 17.0 Å². The number of hydrogen-bond donors (Lipinski definition) is 0. The summed E-state index contributed by atoms with van der Waals surface area (Å²) in [6.45, 7) is 6.13. The zero-order valence-electron chi connectivity index (χ0n) is 13.4. The van der Waals surface area contributed by atoms with Gasteiger partial charge in [-0.25, -0.2) is 4.79 Å². The molecule has 2 rings (SSSR count). The molecule has 1 heterocycles. The highest BCUT2D eigenvalue weighted by atomic mass is 32.2. The third-order valence-electron chi connectivity index (χ3n) is 3.40. The minimum Gasteiger partial charge on any atom is -0.462 e. The molecule has 1 aromatic rings. The first-order valence-corrected chi connectivity index (χ1v) is 8.31. The van der Waals surface area contributed by atoms with Crippen molar-refractivity contribution in [3.05, 3.63) is 47.0 Å². The van der Waals surface area contributed by atoms with Crippen LogP contribution < -0.4 is 4.90 Å². The quantitative estimate of drug-likeness (QED) is 0.340. The van der Waals surface area contributed by atoms with Gasteiger partial charge in [-0.2, -0.15) is 10.5 Å². The number of ether oxygens (including phenoxy) is 1. The van der Waals surface area contributed by atoms with Crippen molar-refractivity contribution in [2.45, 2.75) is 24.7 Å². The lowest BCUT2D eigenvalue weighted by Gasteiger charge is -2.20. The van der Waals surface area contributed by atoms with Crippen molar-refractivity contribution in [2.24, 2.45) is 0 Å². The van der Waals surface area contributed by atoms with Crippen LogP contribution in [0.4, 0.5) is 5.69 Å². The third kappa shape index (κ3) is 3.98. The fourth-order valence-electron chi connectivity index (χ4n) is 2.22. The largest absolute Gasteiger partial charge is 0.462 e. The molecule has 0 unspecified atom stereocenters. The second-order valence-corrected chi connectivity index (χ2v) is 6.28. The summed E-state index contributed by atoms with van der Waals surface area (Å²) in [7, 11) is 0. The van der Waals surface area contributed by atoms with Crippen LogP contribution in [0.25, 0.3) is 0 Å². The minimum atomic E-state index is -0.381. The monoisotopic (exact) mass is 339 g/mol. The number of esters is 1. The molecular weight excluding hydrogens is 322 g/mol. The number of unbranched alkanes of at least 4 members (excludes halogenated alkanes) is 1. The number of para-hydroxylation sites is 1. The maximum Gasteiger partial charge on any atom is 0.333 e. The van der Waals surface area contributed by atoms with Crippen LogP contribution in [-0.4, -0.2) is 19.1 Å². The van der Waals surface area contributed by atoms with Gasteiger partial charge in [-0.3, -0.25) is 0 Å². The number of benzene rings is 1. The standard InChI is InChI=1S/C18H17N3O2S/c1-13(2)18(22)23-10-6-5-9-21-15-7-3-4-8-16(15)24-17(21)14(11-19)12-20/h3-4,7-8H,1,5-6,9-10H2,2H3. The van der Waals surface area contributed by atoms with Gasteiger partial charge in [0.05, 0.1) is 12.3 Å². The van der Waals surface area contributed by atoms with Gasteiger partial charge in [-0.15, -0.1) is 0 Å². The van der Waals surface area contributed by atoms with E-state index in [4.69, 9.17) is 15.3 Å². The number of nitrogens with zero attached hydrogens (tertiary/aromatic N) is 3. The van der Waals surface area contributed by atoms with Gasteiger partial charge in [0.25, 0.3) is 0 Å². The molecule has 0 spiro atoms. The van der Waals surface area contributed by atoms with E-state index in [1.165, 1.54) is 11.8 Å². The molecule has 0 bridgehead atoms. The number of carbonyl (C=O) groups is 1. The molecule has 6 heteroatoms. The average Bonchev–Trinajstić information content (AvgIpc) is 2.94. The number of carbonyl (C=O) groups excluding carboxylic acids is 1. The van der Waals surface area contributed by atoms with Crippen LogP contribution in [0.3, 0.4) is 0 Å². The molecule has 0 N–H and O–H groups in total. The number of nitriles is 2. The number of thioether (sulfide) groups is 1. The third-order valence-corrected chi connectivity index (χ3v) is 4.59. The molecule has 0 aliphatic carbocycles. The van der Waals surface area contributed by atoms with Crippen molar-refractivity contribution >= 4 is 23.4 Å². The van der Waals surface area contributed by atoms with Crippen molar-refractivity contribution in [3.8, 4) is 12.1 Å². The van der Waals surface area contributed by atoms with Crippen LogP contribution in [0.15, 0.2) is 51.9 Å². The minimum absolute atomic E-state index is 0.116. The Morgan fingerprint density at radius 2 is 2.00 bits per heavy atom. The molecule has 24 heavy (non-hydrogen) atoms. The van der Waals surface area contributed by atoms with Crippen LogP contribution in [0, 0.1) is 22.7 Å². The second-order valence-electron chi connectivity index (χ2n) is 5.25. The normalized spacial score (nSPS) is 12.1. The predicted molar refractivity (Wildman–Crippen MR) is 92.9 cm³/mol. The lowest BCUT2D eigenvalue weighted by Crippen LogP contribution is -2.20. The molecule has 0 saturated carbocycles. The Morgan fingerprint density at radius 1 is 1.29 bits per heavy atom. The van der Waals surface area contributed by atoms with Crippen molar-refractivity contribution < 1.29 is 9.53 Å². The fraction of sp³-hybridized carbons (Fsp3) is 0.278. The van der Waals surface area contributed by atoms with Gasteiger partial charge in [0.15, 0.2) is 5.57 Å². The van der Waals surface area contributed by atoms with Crippen LogP contribution in [0.2, 0.25) is 0 Å². The number of allylic oxidation sites excluding steroid dienone is 1. The van der Waals surface area contributed by atoms with Crippen LogP contribution >= 0.6 is 11.8 Å². The Balaban J connectivity index is 2.02. The summed E-state index contributed by atoms with van der Waals surface area (Å²) in [6, 6.07) is 11.7. The summed E-state index contributed by atoms with van der Waals surface area (Å²) in [5.41, 5.74) is 1.50. The van der Waals surface area contributed by atoms with E-state index >= 15 is 0 Å². The Morgan fingerprint density at radius 3 is 2.67 bits per heavy atom. The van der Waals surface area contributed by atoms with Gasteiger partial charge in [0.2, 0.25) is 0 Å². The van der Waals surface area contributed by atoms with Gasteiger partial charge in [0, 0.05) is 17.0 Å². The lowest BCUT2D eigenvalue weighted by atomic mass is 10.2. The Kier molecular flexibility index (Phi) is 6.06. The first-order valence-electron chi connectivity index (χ1n) is 7.50. The Labute approximate surface area is 145 Å². The highest BCUT2D eigenvalue weighted by Gasteiger charge is 2.27. The summed E-state index contributed by atoms with van der Waals surface area (Å²) in [4.78, 5) is 14.3. The SMILES string of the molecule is C=C(C)C(=O)OCCCCN1C(=C(C#N)C#N)Sc2ccccc21. The van der Waals surface area contributed by atoms with E-state index in [-0.39, 0.29) is 11.5 Å². The number of hydrogen-bond acceptors (Lipinski definition) is 6. The van der Waals surface area contributed by atoms with Gasteiger partial charge < -0.3 is 9.64 Å². The number of fused-ring (bicyclic) bond motifs is 1. The summed E-state index contributed by atoms with van der Waals surface area (Å²) in [5.74, 6) is -0.381. The molecule has 5 nitrogen and oxygen atoms in total.